The molecule has 0 spiro atoms. The Bertz CT molecular complexity index is 1090. The molecule has 162 valence electrons. The first-order valence-electron chi connectivity index (χ1n) is 10.7. The fourth-order valence-electron chi connectivity index (χ4n) is 4.34. The summed E-state index contributed by atoms with van der Waals surface area (Å²) in [7, 11) is 3.39. The van der Waals surface area contributed by atoms with Crippen molar-refractivity contribution in [3.05, 3.63) is 59.9 Å². The average Bonchev–Trinajstić information content (AvgIpc) is 2.78. The third-order valence-electron chi connectivity index (χ3n) is 6.29. The van der Waals surface area contributed by atoms with E-state index in [-0.39, 0.29) is 17.3 Å². The highest BCUT2D eigenvalue weighted by molar-refractivity contribution is 5.96. The van der Waals surface area contributed by atoms with Gasteiger partial charge in [0.1, 0.15) is 5.82 Å². The summed E-state index contributed by atoms with van der Waals surface area (Å²) >= 11 is 0. The lowest BCUT2D eigenvalue weighted by Gasteiger charge is -2.39. The molecule has 0 saturated heterocycles. The second kappa shape index (κ2) is 8.63. The van der Waals surface area contributed by atoms with Crippen LogP contribution in [0.15, 0.2) is 48.5 Å². The summed E-state index contributed by atoms with van der Waals surface area (Å²) in [6.45, 7) is 2.24. The molecular weight excluding hydrogens is 393 g/mol. The number of benzene rings is 2. The van der Waals surface area contributed by atoms with Crippen LogP contribution in [0.25, 0.3) is 22.2 Å². The first kappa shape index (κ1) is 21.2. The zero-order chi connectivity index (χ0) is 22.0. The number of carbonyl (C=O) groups is 1. The molecule has 1 aliphatic carbocycles. The molecule has 1 aliphatic rings. The maximum atomic E-state index is 13.5. The van der Waals surface area contributed by atoms with E-state index in [2.05, 4.69) is 17.6 Å². The van der Waals surface area contributed by atoms with Gasteiger partial charge in [-0.1, -0.05) is 0 Å². The number of pyridine rings is 1. The topological polar surface area (TPSA) is 63.2 Å². The van der Waals surface area contributed by atoms with Crippen molar-refractivity contribution in [2.24, 2.45) is 0 Å². The number of ether oxygens (including phenoxy) is 1. The molecule has 1 heterocycles. The molecule has 6 heteroatoms. The monoisotopic (exact) mass is 421 g/mol. The minimum absolute atomic E-state index is 0.0720. The van der Waals surface area contributed by atoms with Crippen LogP contribution in [0.2, 0.25) is 0 Å². The Labute approximate surface area is 182 Å². The van der Waals surface area contributed by atoms with E-state index in [1.807, 2.05) is 19.2 Å². The number of hydrogen-bond acceptors (Lipinski definition) is 5. The van der Waals surface area contributed by atoms with Crippen molar-refractivity contribution in [1.82, 2.24) is 10.3 Å². The molecule has 31 heavy (non-hydrogen) atoms. The normalized spacial score (nSPS) is 21.1. The Balaban J connectivity index is 1.78. The standard InChI is InChI=1S/C25H28FN3O2/c1-25(12-10-20(27-2)11-13-25)29-22-15-18-14-17(24(30)31-3)6-9-21(18)28-23(22)16-4-7-19(26)8-5-16/h4-9,14-15,20,27,29H,10-13H2,1-3H3. The molecule has 2 aromatic carbocycles. The number of carbonyl (C=O) groups excluding carboxylic acids is 1. The van der Waals surface area contributed by atoms with Crippen LogP contribution in [0.1, 0.15) is 43.0 Å². The van der Waals surface area contributed by atoms with Gasteiger partial charge in [-0.2, -0.15) is 0 Å². The summed E-state index contributed by atoms with van der Waals surface area (Å²) in [5.41, 5.74) is 3.68. The van der Waals surface area contributed by atoms with Crippen molar-refractivity contribution in [2.75, 3.05) is 19.5 Å². The first-order valence-corrected chi connectivity index (χ1v) is 10.7. The van der Waals surface area contributed by atoms with E-state index in [0.29, 0.717) is 11.6 Å². The SMILES string of the molecule is CNC1CCC(C)(Nc2cc3cc(C(=O)OC)ccc3nc2-c2ccc(F)cc2)CC1. The van der Waals surface area contributed by atoms with Gasteiger partial charge in [0, 0.05) is 22.5 Å². The Morgan fingerprint density at radius 2 is 1.84 bits per heavy atom. The van der Waals surface area contributed by atoms with E-state index >= 15 is 0 Å². The zero-order valence-electron chi connectivity index (χ0n) is 18.2. The molecule has 0 bridgehead atoms. The quantitative estimate of drug-likeness (QED) is 0.557. The van der Waals surface area contributed by atoms with E-state index < -0.39 is 0 Å². The van der Waals surface area contributed by atoms with Crippen LogP contribution in [-0.2, 0) is 4.74 Å². The van der Waals surface area contributed by atoms with Crippen LogP contribution in [0.4, 0.5) is 10.1 Å². The minimum atomic E-state index is -0.378. The van der Waals surface area contributed by atoms with Gasteiger partial charge in [0.2, 0.25) is 0 Å². The second-order valence-electron chi connectivity index (χ2n) is 8.54. The minimum Gasteiger partial charge on any atom is -0.465 e. The van der Waals surface area contributed by atoms with Crippen molar-refractivity contribution in [2.45, 2.75) is 44.2 Å². The van der Waals surface area contributed by atoms with E-state index in [9.17, 15) is 9.18 Å². The summed E-state index contributed by atoms with van der Waals surface area (Å²) in [6, 6.07) is 14.3. The Kier molecular flexibility index (Phi) is 5.92. The molecule has 3 aromatic rings. The fourth-order valence-corrected chi connectivity index (χ4v) is 4.34. The predicted octanol–water partition coefficient (Wildman–Crippen LogP) is 5.16. The Morgan fingerprint density at radius 3 is 2.48 bits per heavy atom. The van der Waals surface area contributed by atoms with Crippen LogP contribution in [0.3, 0.4) is 0 Å². The number of anilines is 1. The molecule has 4 rings (SSSR count). The number of aromatic nitrogens is 1. The highest BCUT2D eigenvalue weighted by Gasteiger charge is 2.31. The number of hydrogen-bond donors (Lipinski definition) is 2. The van der Waals surface area contributed by atoms with Crippen LogP contribution < -0.4 is 10.6 Å². The van der Waals surface area contributed by atoms with Gasteiger partial charge in [-0.05, 0) is 88.2 Å². The van der Waals surface area contributed by atoms with E-state index in [0.717, 1.165) is 53.5 Å². The lowest BCUT2D eigenvalue weighted by Crippen LogP contribution is -2.43. The second-order valence-corrected chi connectivity index (χ2v) is 8.54. The van der Waals surface area contributed by atoms with Gasteiger partial charge >= 0.3 is 5.97 Å². The maximum Gasteiger partial charge on any atom is 0.337 e. The van der Waals surface area contributed by atoms with Crippen molar-refractivity contribution >= 4 is 22.6 Å². The predicted molar refractivity (Wildman–Crippen MR) is 122 cm³/mol. The Morgan fingerprint density at radius 1 is 1.13 bits per heavy atom. The van der Waals surface area contributed by atoms with Crippen LogP contribution in [0.5, 0.6) is 0 Å². The number of nitrogens with zero attached hydrogens (tertiary/aromatic N) is 1. The number of fused-ring (bicyclic) bond motifs is 1. The lowest BCUT2D eigenvalue weighted by atomic mass is 9.80. The van der Waals surface area contributed by atoms with E-state index in [4.69, 9.17) is 9.72 Å². The molecule has 0 atom stereocenters. The smallest absolute Gasteiger partial charge is 0.337 e. The van der Waals surface area contributed by atoms with Crippen molar-refractivity contribution < 1.29 is 13.9 Å². The van der Waals surface area contributed by atoms with Gasteiger partial charge in [0.05, 0.1) is 29.6 Å². The van der Waals surface area contributed by atoms with Gasteiger partial charge in [-0.15, -0.1) is 0 Å². The van der Waals surface area contributed by atoms with Gasteiger partial charge in [-0.3, -0.25) is 0 Å². The number of esters is 1. The zero-order valence-corrected chi connectivity index (χ0v) is 18.2. The van der Waals surface area contributed by atoms with Gasteiger partial charge in [-0.25, -0.2) is 14.2 Å². The maximum absolute atomic E-state index is 13.5. The molecule has 1 saturated carbocycles. The van der Waals surface area contributed by atoms with Crippen LogP contribution >= 0.6 is 0 Å². The molecule has 0 aliphatic heterocycles. The summed E-state index contributed by atoms with van der Waals surface area (Å²) < 4.78 is 18.4. The molecular formula is C25H28FN3O2. The summed E-state index contributed by atoms with van der Waals surface area (Å²) in [5, 5.41) is 7.96. The van der Waals surface area contributed by atoms with Gasteiger partial charge in [0.25, 0.3) is 0 Å². The summed E-state index contributed by atoms with van der Waals surface area (Å²) in [4.78, 5) is 16.9. The van der Waals surface area contributed by atoms with Crippen molar-refractivity contribution in [1.29, 1.82) is 0 Å². The number of methoxy groups -OCH3 is 1. The number of rotatable bonds is 5. The number of nitrogens with one attached hydrogen (secondary N) is 2. The molecule has 1 aromatic heterocycles. The first-order chi connectivity index (χ1) is 14.9. The highest BCUT2D eigenvalue weighted by atomic mass is 19.1. The molecule has 0 radical (unpaired) electrons. The average molecular weight is 422 g/mol. The van der Waals surface area contributed by atoms with Gasteiger partial charge in [0.15, 0.2) is 0 Å². The third kappa shape index (κ3) is 4.54. The van der Waals surface area contributed by atoms with Crippen LogP contribution in [-0.4, -0.2) is 36.7 Å². The summed E-state index contributed by atoms with van der Waals surface area (Å²) in [5.74, 6) is -0.657. The Hall–Kier alpha value is -2.99. The van der Waals surface area contributed by atoms with Crippen molar-refractivity contribution in [3.63, 3.8) is 0 Å². The largest absolute Gasteiger partial charge is 0.465 e. The van der Waals surface area contributed by atoms with Gasteiger partial charge < -0.3 is 15.4 Å². The highest BCUT2D eigenvalue weighted by Crippen LogP contribution is 2.36. The summed E-state index contributed by atoms with van der Waals surface area (Å²) in [6.07, 6.45) is 4.25. The molecule has 0 unspecified atom stereocenters. The fraction of sp³-hybridized carbons (Fsp3) is 0.360. The lowest BCUT2D eigenvalue weighted by molar-refractivity contribution is 0.0601. The van der Waals surface area contributed by atoms with Crippen molar-refractivity contribution in [3.8, 4) is 11.3 Å². The van der Waals surface area contributed by atoms with E-state index in [1.165, 1.54) is 19.2 Å². The molecule has 0 amide bonds. The molecule has 5 nitrogen and oxygen atoms in total. The molecule has 2 N–H and O–H groups in total. The van der Waals surface area contributed by atoms with E-state index in [1.54, 1.807) is 24.3 Å². The number of halogens is 1. The van der Waals surface area contributed by atoms with Crippen LogP contribution in [0, 0.1) is 5.82 Å². The third-order valence-corrected chi connectivity index (χ3v) is 6.29. The molecule has 1 fully saturated rings.